The predicted octanol–water partition coefficient (Wildman–Crippen LogP) is 3.78. The van der Waals surface area contributed by atoms with Crippen LogP contribution in [0.15, 0.2) is 42.5 Å². The number of carboxylic acids is 1. The number of nitrogen functional groups attached to an aromatic ring is 1. The summed E-state index contributed by atoms with van der Waals surface area (Å²) in [6.07, 6.45) is 2.69. The number of halogens is 1. The van der Waals surface area contributed by atoms with E-state index >= 15 is 0 Å². The molecule has 3 rings (SSSR count). The number of hydrogen-bond donors (Lipinski definition) is 5. The van der Waals surface area contributed by atoms with Gasteiger partial charge in [-0.25, -0.2) is 4.79 Å². The smallest absolute Gasteiger partial charge is 0.330 e. The minimum Gasteiger partial charge on any atom is -0.479 e. The lowest BCUT2D eigenvalue weighted by Crippen LogP contribution is -2.28. The summed E-state index contributed by atoms with van der Waals surface area (Å²) < 4.78 is 5.42. The first kappa shape index (κ1) is 23.5. The average Bonchev–Trinajstić information content (AvgIpc) is 2.72. The molecule has 0 amide bonds. The highest BCUT2D eigenvalue weighted by molar-refractivity contribution is 5.95. The van der Waals surface area contributed by atoms with Crippen molar-refractivity contribution in [3.63, 3.8) is 0 Å². The van der Waals surface area contributed by atoms with E-state index < -0.39 is 12.0 Å². The Kier molecular flexibility index (Phi) is 8.50. The quantitative estimate of drug-likeness (QED) is 0.319. The number of ether oxygens (including phenoxy) is 1. The summed E-state index contributed by atoms with van der Waals surface area (Å²) in [6, 6.07) is 12.2. The maximum Gasteiger partial charge on any atom is 0.330 e. The van der Waals surface area contributed by atoms with Crippen molar-refractivity contribution in [2.24, 2.45) is 5.73 Å². The molecule has 0 aliphatic carbocycles. The van der Waals surface area contributed by atoms with Gasteiger partial charge < -0.3 is 26.2 Å². The summed E-state index contributed by atoms with van der Waals surface area (Å²) in [5.74, 6) is -0.975. The standard InChI is InChI=1S/C22H28N4O3.ClH/c1-2-14-11-16(13-19(12-14)25-18-7-9-29-10-8-18)20(22(27)28)26-17-5-3-15(4-6-17)21(23)24;/h3-6,11-13,18,20,25-26H,2,7-10H2,1H3,(H3,23,24)(H,27,28);1H. The molecule has 0 saturated carbocycles. The van der Waals surface area contributed by atoms with Gasteiger partial charge in [0.05, 0.1) is 0 Å². The number of carbonyl (C=O) groups is 1. The second kappa shape index (κ2) is 10.8. The molecular weight excluding hydrogens is 404 g/mol. The highest BCUT2D eigenvalue weighted by atomic mass is 35.5. The van der Waals surface area contributed by atoms with Crippen LogP contribution in [0.1, 0.15) is 42.5 Å². The van der Waals surface area contributed by atoms with Crippen molar-refractivity contribution in [3.8, 4) is 0 Å². The first-order chi connectivity index (χ1) is 14.0. The number of aryl methyl sites for hydroxylation is 1. The van der Waals surface area contributed by atoms with E-state index in [1.807, 2.05) is 12.1 Å². The van der Waals surface area contributed by atoms with Gasteiger partial charge in [0.1, 0.15) is 5.84 Å². The molecule has 1 saturated heterocycles. The van der Waals surface area contributed by atoms with Crippen molar-refractivity contribution in [1.29, 1.82) is 5.41 Å². The molecule has 2 aromatic rings. The van der Waals surface area contributed by atoms with Crippen molar-refractivity contribution in [3.05, 3.63) is 59.2 Å². The number of aliphatic carboxylic acids is 1. The second-order valence-electron chi connectivity index (χ2n) is 7.25. The Morgan fingerprint density at radius 1 is 1.20 bits per heavy atom. The van der Waals surface area contributed by atoms with Crippen LogP contribution in [0.5, 0.6) is 0 Å². The Hall–Kier alpha value is -2.77. The van der Waals surface area contributed by atoms with Gasteiger partial charge in [-0.05, 0) is 66.8 Å². The first-order valence-electron chi connectivity index (χ1n) is 9.88. The van der Waals surface area contributed by atoms with Crippen molar-refractivity contribution >= 4 is 35.6 Å². The summed E-state index contributed by atoms with van der Waals surface area (Å²) in [4.78, 5) is 12.0. The number of carboxylic acid groups (broad SMARTS) is 1. The van der Waals surface area contributed by atoms with E-state index in [4.69, 9.17) is 15.9 Å². The van der Waals surface area contributed by atoms with Crippen LogP contribution in [0.2, 0.25) is 0 Å². The van der Waals surface area contributed by atoms with Crippen LogP contribution in [0.25, 0.3) is 0 Å². The third-order valence-electron chi connectivity index (χ3n) is 5.10. The molecule has 7 nitrogen and oxygen atoms in total. The van der Waals surface area contributed by atoms with Gasteiger partial charge in [0.2, 0.25) is 0 Å². The maximum atomic E-state index is 12.0. The van der Waals surface area contributed by atoms with E-state index in [1.54, 1.807) is 24.3 Å². The van der Waals surface area contributed by atoms with Crippen LogP contribution in [-0.4, -0.2) is 36.2 Å². The van der Waals surface area contributed by atoms with E-state index in [-0.39, 0.29) is 18.2 Å². The SMILES string of the molecule is CCc1cc(NC2CCOCC2)cc(C(Nc2ccc(C(=N)N)cc2)C(=O)O)c1.Cl. The van der Waals surface area contributed by atoms with E-state index in [0.29, 0.717) is 22.9 Å². The van der Waals surface area contributed by atoms with Crippen LogP contribution in [0, 0.1) is 5.41 Å². The number of rotatable bonds is 8. The van der Waals surface area contributed by atoms with Gasteiger partial charge in [0, 0.05) is 36.2 Å². The largest absolute Gasteiger partial charge is 0.479 e. The summed E-state index contributed by atoms with van der Waals surface area (Å²) in [5.41, 5.74) is 9.45. The van der Waals surface area contributed by atoms with Gasteiger partial charge in [0.25, 0.3) is 0 Å². The molecule has 6 N–H and O–H groups in total. The summed E-state index contributed by atoms with van der Waals surface area (Å²) in [7, 11) is 0. The minimum absolute atomic E-state index is 0. The van der Waals surface area contributed by atoms with Crippen LogP contribution in [0.3, 0.4) is 0 Å². The summed E-state index contributed by atoms with van der Waals surface area (Å²) >= 11 is 0. The monoisotopic (exact) mass is 432 g/mol. The molecule has 1 aliphatic heterocycles. The number of nitrogens with two attached hydrogens (primary N) is 1. The Morgan fingerprint density at radius 3 is 2.43 bits per heavy atom. The zero-order chi connectivity index (χ0) is 20.8. The second-order valence-corrected chi connectivity index (χ2v) is 7.25. The molecule has 0 radical (unpaired) electrons. The van der Waals surface area contributed by atoms with Crippen molar-refractivity contribution in [2.45, 2.75) is 38.3 Å². The molecule has 0 aromatic heterocycles. The van der Waals surface area contributed by atoms with Gasteiger partial charge in [-0.1, -0.05) is 13.0 Å². The lowest BCUT2D eigenvalue weighted by Gasteiger charge is -2.25. The molecule has 30 heavy (non-hydrogen) atoms. The number of amidine groups is 1. The minimum atomic E-state index is -0.953. The third-order valence-corrected chi connectivity index (χ3v) is 5.10. The molecule has 1 heterocycles. The van der Waals surface area contributed by atoms with Gasteiger partial charge in [-0.3, -0.25) is 5.41 Å². The fraction of sp³-hybridized carbons (Fsp3) is 0.364. The number of hydrogen-bond acceptors (Lipinski definition) is 5. The Labute approximate surface area is 182 Å². The normalized spacial score (nSPS) is 15.0. The van der Waals surface area contributed by atoms with Crippen LogP contribution >= 0.6 is 12.4 Å². The summed E-state index contributed by atoms with van der Waals surface area (Å²) in [5, 5.41) is 23.9. The zero-order valence-electron chi connectivity index (χ0n) is 17.0. The van der Waals surface area contributed by atoms with Gasteiger partial charge in [0.15, 0.2) is 6.04 Å². The van der Waals surface area contributed by atoms with Gasteiger partial charge >= 0.3 is 5.97 Å². The molecular formula is C22H29ClN4O3. The Bertz CT molecular complexity index is 867. The lowest BCUT2D eigenvalue weighted by atomic mass is 10.00. The van der Waals surface area contributed by atoms with Crippen molar-refractivity contribution < 1.29 is 14.6 Å². The zero-order valence-corrected chi connectivity index (χ0v) is 17.8. The molecule has 1 aliphatic rings. The lowest BCUT2D eigenvalue weighted by molar-refractivity contribution is -0.138. The molecule has 0 bridgehead atoms. The predicted molar refractivity (Wildman–Crippen MR) is 122 cm³/mol. The van der Waals surface area contributed by atoms with Crippen LogP contribution < -0.4 is 16.4 Å². The van der Waals surface area contributed by atoms with Crippen LogP contribution in [0.4, 0.5) is 11.4 Å². The van der Waals surface area contributed by atoms with E-state index in [0.717, 1.165) is 43.7 Å². The molecule has 8 heteroatoms. The third kappa shape index (κ3) is 6.11. The molecule has 2 aromatic carbocycles. The average molecular weight is 433 g/mol. The van der Waals surface area contributed by atoms with Crippen molar-refractivity contribution in [1.82, 2.24) is 0 Å². The fourth-order valence-electron chi connectivity index (χ4n) is 3.45. The maximum absolute atomic E-state index is 12.0. The highest BCUT2D eigenvalue weighted by Crippen LogP contribution is 2.26. The fourth-order valence-corrected chi connectivity index (χ4v) is 3.45. The molecule has 0 spiro atoms. The van der Waals surface area contributed by atoms with E-state index in [9.17, 15) is 9.90 Å². The van der Waals surface area contributed by atoms with Crippen LogP contribution in [-0.2, 0) is 16.0 Å². The Balaban J connectivity index is 0.00000320. The number of benzene rings is 2. The molecule has 1 unspecified atom stereocenters. The molecule has 1 atom stereocenters. The number of anilines is 2. The summed E-state index contributed by atoms with van der Waals surface area (Å²) in [6.45, 7) is 3.54. The topological polar surface area (TPSA) is 120 Å². The van der Waals surface area contributed by atoms with E-state index in [2.05, 4.69) is 23.6 Å². The van der Waals surface area contributed by atoms with Gasteiger partial charge in [-0.15, -0.1) is 12.4 Å². The first-order valence-corrected chi connectivity index (χ1v) is 9.88. The van der Waals surface area contributed by atoms with Crippen molar-refractivity contribution in [2.75, 3.05) is 23.8 Å². The molecule has 1 fully saturated rings. The molecule has 162 valence electrons. The highest BCUT2D eigenvalue weighted by Gasteiger charge is 2.22. The number of nitrogens with one attached hydrogen (secondary N) is 3. The van der Waals surface area contributed by atoms with Gasteiger partial charge in [-0.2, -0.15) is 0 Å². The van der Waals surface area contributed by atoms with E-state index in [1.165, 1.54) is 0 Å². The Morgan fingerprint density at radius 2 is 1.87 bits per heavy atom.